The Bertz CT molecular complexity index is 381. The maximum Gasteiger partial charge on any atom is 0.379 e. The van der Waals surface area contributed by atoms with Gasteiger partial charge in [0.2, 0.25) is 0 Å². The molecule has 0 saturated heterocycles. The number of carbonyl (C=O) groups excluding carboxylic acids is 1. The maximum absolute atomic E-state index is 12.1. The van der Waals surface area contributed by atoms with Gasteiger partial charge in [-0.25, -0.2) is 4.79 Å². The van der Waals surface area contributed by atoms with Gasteiger partial charge in [-0.1, -0.05) is 39.0 Å². The van der Waals surface area contributed by atoms with Crippen LogP contribution in [0.3, 0.4) is 0 Å². The van der Waals surface area contributed by atoms with Gasteiger partial charge in [0.15, 0.2) is 0 Å². The summed E-state index contributed by atoms with van der Waals surface area (Å²) in [5, 5.41) is 0. The maximum atomic E-state index is 12.1. The number of ether oxygens (including phenoxy) is 1. The normalized spacial score (nSPS) is 11.6. The summed E-state index contributed by atoms with van der Waals surface area (Å²) in [6, 6.07) is 6.69. The molecule has 2 nitrogen and oxygen atoms in total. The number of alkyl halides is 2. The zero-order valence-corrected chi connectivity index (χ0v) is 9.46. The minimum Gasteiger partial charge on any atom is -0.422 e. The van der Waals surface area contributed by atoms with Crippen molar-refractivity contribution in [2.75, 3.05) is 0 Å². The molecule has 0 aliphatic heterocycles. The minimum atomic E-state index is -3.10. The van der Waals surface area contributed by atoms with Gasteiger partial charge in [0.1, 0.15) is 5.75 Å². The molecule has 0 bridgehead atoms. The van der Waals surface area contributed by atoms with Gasteiger partial charge >= 0.3 is 12.4 Å². The summed E-state index contributed by atoms with van der Waals surface area (Å²) in [7, 11) is 0. The van der Waals surface area contributed by atoms with Gasteiger partial charge in [-0.2, -0.15) is 8.78 Å². The van der Waals surface area contributed by atoms with Crippen molar-refractivity contribution < 1.29 is 18.3 Å². The number of rotatable bonds is 2. The van der Waals surface area contributed by atoms with Crippen molar-refractivity contribution in [3.05, 3.63) is 29.8 Å². The van der Waals surface area contributed by atoms with Crippen LogP contribution in [-0.2, 0) is 10.2 Å². The second-order valence-corrected chi connectivity index (χ2v) is 4.47. The predicted molar refractivity (Wildman–Crippen MR) is 56.8 cm³/mol. The first-order valence-corrected chi connectivity index (χ1v) is 4.91. The summed E-state index contributed by atoms with van der Waals surface area (Å²) in [5.41, 5.74) is 0.461. The quantitative estimate of drug-likeness (QED) is 0.574. The molecule has 0 heterocycles. The Hall–Kier alpha value is -1.45. The SMILES string of the molecule is CC(C)(C)c1ccccc1OC(=O)C(F)F. The van der Waals surface area contributed by atoms with E-state index in [-0.39, 0.29) is 11.2 Å². The zero-order valence-electron chi connectivity index (χ0n) is 9.46. The Labute approximate surface area is 93.2 Å². The van der Waals surface area contributed by atoms with Crippen LogP contribution in [0.15, 0.2) is 24.3 Å². The largest absolute Gasteiger partial charge is 0.422 e. The molecule has 0 fully saturated rings. The molecule has 16 heavy (non-hydrogen) atoms. The van der Waals surface area contributed by atoms with Gasteiger partial charge in [0, 0.05) is 5.56 Å². The molecule has 1 aromatic rings. The summed E-state index contributed by atoms with van der Waals surface area (Å²) in [6.07, 6.45) is -3.10. The van der Waals surface area contributed by atoms with Crippen LogP contribution in [0.5, 0.6) is 5.75 Å². The van der Waals surface area contributed by atoms with Crippen LogP contribution >= 0.6 is 0 Å². The van der Waals surface area contributed by atoms with Gasteiger partial charge in [-0.15, -0.1) is 0 Å². The van der Waals surface area contributed by atoms with E-state index < -0.39 is 12.4 Å². The van der Waals surface area contributed by atoms with E-state index >= 15 is 0 Å². The average Bonchev–Trinajstić information content (AvgIpc) is 2.16. The van der Waals surface area contributed by atoms with Gasteiger partial charge in [-0.3, -0.25) is 0 Å². The van der Waals surface area contributed by atoms with E-state index in [4.69, 9.17) is 0 Å². The number of esters is 1. The smallest absolute Gasteiger partial charge is 0.379 e. The predicted octanol–water partition coefficient (Wildman–Crippen LogP) is 3.15. The molecule has 0 spiro atoms. The molecule has 1 rings (SSSR count). The highest BCUT2D eigenvalue weighted by molar-refractivity contribution is 5.76. The Balaban J connectivity index is 3.01. The van der Waals surface area contributed by atoms with Gasteiger partial charge in [0.25, 0.3) is 0 Å². The first-order valence-electron chi connectivity index (χ1n) is 4.91. The Morgan fingerprint density at radius 3 is 2.31 bits per heavy atom. The molecule has 88 valence electrons. The van der Waals surface area contributed by atoms with Crippen molar-refractivity contribution in [2.45, 2.75) is 32.6 Å². The number of hydrogen-bond acceptors (Lipinski definition) is 2. The fourth-order valence-corrected chi connectivity index (χ4v) is 1.33. The number of hydrogen-bond donors (Lipinski definition) is 0. The van der Waals surface area contributed by atoms with E-state index in [0.717, 1.165) is 5.56 Å². The lowest BCUT2D eigenvalue weighted by atomic mass is 9.86. The van der Waals surface area contributed by atoms with E-state index in [2.05, 4.69) is 4.74 Å². The number of carbonyl (C=O) groups is 1. The van der Waals surface area contributed by atoms with Crippen LogP contribution in [0, 0.1) is 0 Å². The van der Waals surface area contributed by atoms with Crippen LogP contribution < -0.4 is 4.74 Å². The molecule has 0 aliphatic carbocycles. The van der Waals surface area contributed by atoms with Crippen molar-refractivity contribution >= 4 is 5.97 Å². The van der Waals surface area contributed by atoms with Gasteiger partial charge in [0.05, 0.1) is 0 Å². The van der Waals surface area contributed by atoms with E-state index in [1.807, 2.05) is 20.8 Å². The third-order valence-corrected chi connectivity index (χ3v) is 2.08. The summed E-state index contributed by atoms with van der Waals surface area (Å²) in [4.78, 5) is 10.8. The highest BCUT2D eigenvalue weighted by atomic mass is 19.3. The van der Waals surface area contributed by atoms with Crippen molar-refractivity contribution in [1.82, 2.24) is 0 Å². The first kappa shape index (κ1) is 12.6. The molecule has 0 amide bonds. The van der Waals surface area contributed by atoms with E-state index in [1.54, 1.807) is 18.2 Å². The molecule has 1 aromatic carbocycles. The highest BCUT2D eigenvalue weighted by Gasteiger charge is 2.23. The summed E-state index contributed by atoms with van der Waals surface area (Å²) in [5.74, 6) is -1.32. The van der Waals surface area contributed by atoms with E-state index in [0.29, 0.717) is 0 Å². The van der Waals surface area contributed by atoms with Gasteiger partial charge in [-0.05, 0) is 11.5 Å². The lowest BCUT2D eigenvalue weighted by Gasteiger charge is -2.21. The summed E-state index contributed by atoms with van der Waals surface area (Å²) >= 11 is 0. The molecular weight excluding hydrogens is 214 g/mol. The molecule has 0 aromatic heterocycles. The minimum absolute atomic E-state index is 0.195. The molecular formula is C12H14F2O2. The van der Waals surface area contributed by atoms with Crippen LogP contribution in [0.25, 0.3) is 0 Å². The fraction of sp³-hybridized carbons (Fsp3) is 0.417. The monoisotopic (exact) mass is 228 g/mol. The van der Waals surface area contributed by atoms with Crippen molar-refractivity contribution in [3.63, 3.8) is 0 Å². The van der Waals surface area contributed by atoms with Crippen molar-refractivity contribution in [2.24, 2.45) is 0 Å². The standard InChI is InChI=1S/C12H14F2O2/c1-12(2,3)8-6-4-5-7-9(8)16-11(15)10(13)14/h4-7,10H,1-3H3. The summed E-state index contributed by atoms with van der Waals surface area (Å²) < 4.78 is 28.8. The zero-order chi connectivity index (χ0) is 12.3. The number of halogens is 2. The molecule has 0 unspecified atom stereocenters. The van der Waals surface area contributed by atoms with Crippen LogP contribution in [-0.4, -0.2) is 12.4 Å². The molecule has 0 N–H and O–H groups in total. The first-order chi connectivity index (χ1) is 7.32. The van der Waals surface area contributed by atoms with Gasteiger partial charge < -0.3 is 4.74 Å². The molecule has 0 saturated carbocycles. The topological polar surface area (TPSA) is 26.3 Å². The highest BCUT2D eigenvalue weighted by Crippen LogP contribution is 2.31. The lowest BCUT2D eigenvalue weighted by molar-refractivity contribution is -0.146. The Kier molecular flexibility index (Phi) is 3.62. The van der Waals surface area contributed by atoms with E-state index in [1.165, 1.54) is 6.07 Å². The second kappa shape index (κ2) is 4.60. The number of benzene rings is 1. The van der Waals surface area contributed by atoms with E-state index in [9.17, 15) is 13.6 Å². The van der Waals surface area contributed by atoms with Crippen LogP contribution in [0.2, 0.25) is 0 Å². The molecule has 0 radical (unpaired) electrons. The van der Waals surface area contributed by atoms with Crippen molar-refractivity contribution in [1.29, 1.82) is 0 Å². The second-order valence-electron chi connectivity index (χ2n) is 4.47. The third kappa shape index (κ3) is 3.02. The molecule has 4 heteroatoms. The third-order valence-electron chi connectivity index (χ3n) is 2.08. The van der Waals surface area contributed by atoms with Crippen LogP contribution in [0.4, 0.5) is 8.78 Å². The Morgan fingerprint density at radius 2 is 1.81 bits per heavy atom. The van der Waals surface area contributed by atoms with Crippen molar-refractivity contribution in [3.8, 4) is 5.75 Å². The molecule has 0 aliphatic rings. The summed E-state index contributed by atoms with van der Waals surface area (Å²) in [6.45, 7) is 5.76. The number of para-hydroxylation sites is 1. The fourth-order valence-electron chi connectivity index (χ4n) is 1.33. The average molecular weight is 228 g/mol. The lowest BCUT2D eigenvalue weighted by Crippen LogP contribution is -2.20. The molecule has 0 atom stereocenters. The Morgan fingerprint density at radius 1 is 1.25 bits per heavy atom. The van der Waals surface area contributed by atoms with Crippen LogP contribution in [0.1, 0.15) is 26.3 Å².